The molecule has 7 nitrogen and oxygen atoms in total. The van der Waals surface area contributed by atoms with Gasteiger partial charge in [0.2, 0.25) is 0 Å². The van der Waals surface area contributed by atoms with Crippen molar-refractivity contribution in [2.24, 2.45) is 7.05 Å². The van der Waals surface area contributed by atoms with E-state index in [1.54, 1.807) is 12.3 Å². The highest BCUT2D eigenvalue weighted by molar-refractivity contribution is 5.68. The molecule has 0 aliphatic carbocycles. The number of nitrogens with two attached hydrogens (primary N) is 1. The number of piperazine rings is 1. The molecule has 0 spiro atoms. The lowest BCUT2D eigenvalue weighted by Gasteiger charge is -2.34. The number of anilines is 2. The summed E-state index contributed by atoms with van der Waals surface area (Å²) in [7, 11) is 4.07. The SMILES string of the molecule is CN1CCN(c2c(N)cc(C#N)n2Cc2nccn2C)CC1. The average Bonchev–Trinajstić information content (AvgIpc) is 3.04. The molecule has 7 heteroatoms. The highest BCUT2D eigenvalue weighted by Crippen LogP contribution is 2.29. The van der Waals surface area contributed by atoms with Gasteiger partial charge in [0, 0.05) is 45.6 Å². The van der Waals surface area contributed by atoms with Crippen molar-refractivity contribution in [1.82, 2.24) is 19.0 Å². The maximum atomic E-state index is 9.41. The second-order valence-corrected chi connectivity index (χ2v) is 5.75. The highest BCUT2D eigenvalue weighted by atomic mass is 15.3. The fourth-order valence-electron chi connectivity index (χ4n) is 2.87. The standard InChI is InChI=1S/C15H21N7/c1-19-5-7-21(8-6-19)15-13(17)9-12(10-16)22(15)11-14-18-3-4-20(14)2/h3-4,9H,5-8,11,17H2,1-2H3. The van der Waals surface area contributed by atoms with E-state index in [2.05, 4.69) is 27.9 Å². The van der Waals surface area contributed by atoms with Crippen LogP contribution in [-0.4, -0.2) is 52.2 Å². The Morgan fingerprint density at radius 2 is 2.00 bits per heavy atom. The predicted octanol–water partition coefficient (Wildman–Crippen LogP) is 0.476. The first kappa shape index (κ1) is 14.5. The van der Waals surface area contributed by atoms with Crippen LogP contribution in [0.3, 0.4) is 0 Å². The number of nitriles is 1. The summed E-state index contributed by atoms with van der Waals surface area (Å²) in [6.07, 6.45) is 3.67. The van der Waals surface area contributed by atoms with Gasteiger partial charge in [-0.25, -0.2) is 4.98 Å². The largest absolute Gasteiger partial charge is 0.396 e. The van der Waals surface area contributed by atoms with Crippen molar-refractivity contribution in [1.29, 1.82) is 5.26 Å². The minimum absolute atomic E-state index is 0.547. The van der Waals surface area contributed by atoms with E-state index in [-0.39, 0.29) is 0 Å². The molecule has 0 bridgehead atoms. The van der Waals surface area contributed by atoms with Crippen molar-refractivity contribution in [3.63, 3.8) is 0 Å². The second kappa shape index (κ2) is 5.73. The van der Waals surface area contributed by atoms with Gasteiger partial charge < -0.3 is 24.7 Å². The van der Waals surface area contributed by atoms with Crippen LogP contribution in [0.5, 0.6) is 0 Å². The van der Waals surface area contributed by atoms with E-state index in [0.29, 0.717) is 17.9 Å². The smallest absolute Gasteiger partial charge is 0.133 e. The van der Waals surface area contributed by atoms with E-state index < -0.39 is 0 Å². The summed E-state index contributed by atoms with van der Waals surface area (Å²) in [4.78, 5) is 8.92. The van der Waals surface area contributed by atoms with Crippen molar-refractivity contribution >= 4 is 11.5 Å². The zero-order valence-electron chi connectivity index (χ0n) is 13.0. The second-order valence-electron chi connectivity index (χ2n) is 5.75. The summed E-state index contributed by atoms with van der Waals surface area (Å²) in [6.45, 7) is 4.36. The summed E-state index contributed by atoms with van der Waals surface area (Å²) in [5.41, 5.74) is 7.44. The molecular formula is C15H21N7. The van der Waals surface area contributed by atoms with Crippen LogP contribution in [0, 0.1) is 11.3 Å². The Hall–Kier alpha value is -2.46. The number of aryl methyl sites for hydroxylation is 1. The van der Waals surface area contributed by atoms with Crippen LogP contribution in [0.4, 0.5) is 11.5 Å². The van der Waals surface area contributed by atoms with Gasteiger partial charge in [0.15, 0.2) is 0 Å². The molecule has 3 heterocycles. The van der Waals surface area contributed by atoms with Crippen LogP contribution in [0.15, 0.2) is 18.5 Å². The third-order valence-electron chi connectivity index (χ3n) is 4.23. The molecule has 1 saturated heterocycles. The molecule has 1 aliphatic rings. The Bertz CT molecular complexity index is 698. The number of likely N-dealkylation sites (N-methyl/N-ethyl adjacent to an activating group) is 1. The van der Waals surface area contributed by atoms with Gasteiger partial charge in [-0.15, -0.1) is 0 Å². The van der Waals surface area contributed by atoms with E-state index >= 15 is 0 Å². The number of hydrogen-bond acceptors (Lipinski definition) is 5. The number of hydrogen-bond donors (Lipinski definition) is 1. The quantitative estimate of drug-likeness (QED) is 0.891. The molecule has 3 rings (SSSR count). The van der Waals surface area contributed by atoms with Gasteiger partial charge in [0.05, 0.1) is 12.2 Å². The Morgan fingerprint density at radius 3 is 2.59 bits per heavy atom. The maximum Gasteiger partial charge on any atom is 0.133 e. The molecule has 116 valence electrons. The summed E-state index contributed by atoms with van der Waals surface area (Å²) in [5, 5.41) is 9.41. The molecule has 0 aromatic carbocycles. The molecular weight excluding hydrogens is 278 g/mol. The first-order chi connectivity index (χ1) is 10.6. The minimum atomic E-state index is 0.547. The molecule has 2 aromatic rings. The average molecular weight is 299 g/mol. The monoisotopic (exact) mass is 299 g/mol. The number of nitrogens with zero attached hydrogens (tertiary/aromatic N) is 6. The summed E-state index contributed by atoms with van der Waals surface area (Å²) < 4.78 is 3.94. The van der Waals surface area contributed by atoms with E-state index in [9.17, 15) is 5.26 Å². The van der Waals surface area contributed by atoms with E-state index in [0.717, 1.165) is 37.8 Å². The molecule has 1 fully saturated rings. The van der Waals surface area contributed by atoms with Crippen molar-refractivity contribution in [2.45, 2.75) is 6.54 Å². The molecule has 0 atom stereocenters. The van der Waals surface area contributed by atoms with Crippen LogP contribution in [0.2, 0.25) is 0 Å². The van der Waals surface area contributed by atoms with Gasteiger partial charge in [-0.3, -0.25) is 0 Å². The van der Waals surface area contributed by atoms with Crippen molar-refractivity contribution in [2.75, 3.05) is 43.9 Å². The number of nitrogen functional groups attached to an aromatic ring is 1. The molecule has 0 unspecified atom stereocenters. The maximum absolute atomic E-state index is 9.41. The number of aromatic nitrogens is 3. The molecule has 0 saturated carbocycles. The van der Waals surface area contributed by atoms with Crippen LogP contribution >= 0.6 is 0 Å². The Labute approximate surface area is 130 Å². The Kier molecular flexibility index (Phi) is 3.77. The van der Waals surface area contributed by atoms with Gasteiger partial charge in [0.25, 0.3) is 0 Å². The first-order valence-corrected chi connectivity index (χ1v) is 7.39. The van der Waals surface area contributed by atoms with Gasteiger partial charge >= 0.3 is 0 Å². The molecule has 2 N–H and O–H groups in total. The van der Waals surface area contributed by atoms with Gasteiger partial charge in [-0.1, -0.05) is 0 Å². The summed E-state index contributed by atoms with van der Waals surface area (Å²) in [6, 6.07) is 4.01. The third-order valence-corrected chi connectivity index (χ3v) is 4.23. The molecule has 22 heavy (non-hydrogen) atoms. The lowest BCUT2D eigenvalue weighted by molar-refractivity contribution is 0.311. The van der Waals surface area contributed by atoms with Crippen molar-refractivity contribution in [3.8, 4) is 6.07 Å². The fraction of sp³-hybridized carbons (Fsp3) is 0.467. The van der Waals surface area contributed by atoms with Gasteiger partial charge in [-0.2, -0.15) is 5.26 Å². The van der Waals surface area contributed by atoms with Gasteiger partial charge in [-0.05, 0) is 13.1 Å². The first-order valence-electron chi connectivity index (χ1n) is 7.39. The van der Waals surface area contributed by atoms with Crippen molar-refractivity contribution in [3.05, 3.63) is 30.0 Å². The third kappa shape index (κ3) is 2.53. The summed E-state index contributed by atoms with van der Waals surface area (Å²) >= 11 is 0. The predicted molar refractivity (Wildman–Crippen MR) is 85.6 cm³/mol. The Morgan fingerprint density at radius 1 is 1.27 bits per heavy atom. The van der Waals surface area contributed by atoms with E-state index in [4.69, 9.17) is 5.73 Å². The van der Waals surface area contributed by atoms with Crippen molar-refractivity contribution < 1.29 is 0 Å². The molecule has 0 radical (unpaired) electrons. The van der Waals surface area contributed by atoms with Crippen LogP contribution < -0.4 is 10.6 Å². The number of rotatable bonds is 3. The lowest BCUT2D eigenvalue weighted by Crippen LogP contribution is -2.45. The minimum Gasteiger partial charge on any atom is -0.396 e. The molecule has 0 amide bonds. The van der Waals surface area contributed by atoms with E-state index in [1.807, 2.05) is 22.4 Å². The highest BCUT2D eigenvalue weighted by Gasteiger charge is 2.23. The Balaban J connectivity index is 1.97. The zero-order chi connectivity index (χ0) is 15.7. The molecule has 1 aliphatic heterocycles. The van der Waals surface area contributed by atoms with Crippen LogP contribution in [-0.2, 0) is 13.6 Å². The van der Waals surface area contributed by atoms with Gasteiger partial charge in [0.1, 0.15) is 23.4 Å². The zero-order valence-corrected chi connectivity index (χ0v) is 13.0. The topological polar surface area (TPSA) is 79.0 Å². The molecule has 2 aromatic heterocycles. The lowest BCUT2D eigenvalue weighted by atomic mass is 10.3. The van der Waals surface area contributed by atoms with E-state index in [1.165, 1.54) is 0 Å². The van der Waals surface area contributed by atoms with Crippen LogP contribution in [0.1, 0.15) is 11.5 Å². The normalized spacial score (nSPS) is 16.0. The summed E-state index contributed by atoms with van der Waals surface area (Å²) in [5.74, 6) is 1.84. The fourth-order valence-corrected chi connectivity index (χ4v) is 2.87. The van der Waals surface area contributed by atoms with Crippen LogP contribution in [0.25, 0.3) is 0 Å². The number of imidazole rings is 1.